The maximum absolute atomic E-state index is 5.33. The minimum absolute atomic E-state index is 0.298. The van der Waals surface area contributed by atoms with Crippen LogP contribution in [-0.2, 0) is 9.47 Å². The largest absolute Gasteiger partial charge is 0.385 e. The third kappa shape index (κ3) is 4.07. The molecule has 3 nitrogen and oxygen atoms in total. The summed E-state index contributed by atoms with van der Waals surface area (Å²) in [5.41, 5.74) is 0.298. The van der Waals surface area contributed by atoms with E-state index in [9.17, 15) is 0 Å². The van der Waals surface area contributed by atoms with E-state index < -0.39 is 0 Å². The van der Waals surface area contributed by atoms with Crippen LogP contribution in [0.1, 0.15) is 26.2 Å². The van der Waals surface area contributed by atoms with Gasteiger partial charge in [-0.3, -0.25) is 0 Å². The van der Waals surface area contributed by atoms with Gasteiger partial charge in [0, 0.05) is 32.5 Å². The fraction of sp³-hybridized carbons (Fsp3) is 1.00. The molecule has 0 aromatic rings. The first-order chi connectivity index (χ1) is 6.27. The van der Waals surface area contributed by atoms with Gasteiger partial charge in [-0.1, -0.05) is 0 Å². The minimum Gasteiger partial charge on any atom is -0.385 e. The van der Waals surface area contributed by atoms with Gasteiger partial charge in [-0.05, 0) is 32.7 Å². The van der Waals surface area contributed by atoms with Gasteiger partial charge in [0.05, 0.1) is 0 Å². The lowest BCUT2D eigenvalue weighted by atomic mass is 9.92. The fourth-order valence-corrected chi connectivity index (χ4v) is 1.61. The summed E-state index contributed by atoms with van der Waals surface area (Å²) in [6.07, 6.45) is 3.34. The second-order valence-electron chi connectivity index (χ2n) is 3.95. The van der Waals surface area contributed by atoms with Crippen LogP contribution in [0.25, 0.3) is 0 Å². The Hall–Kier alpha value is -0.120. The van der Waals surface area contributed by atoms with Gasteiger partial charge in [0.15, 0.2) is 0 Å². The van der Waals surface area contributed by atoms with Crippen molar-refractivity contribution in [2.24, 2.45) is 0 Å². The van der Waals surface area contributed by atoms with Crippen LogP contribution < -0.4 is 5.32 Å². The molecule has 1 saturated heterocycles. The number of hydrogen-bond donors (Lipinski definition) is 1. The molecule has 0 spiro atoms. The summed E-state index contributed by atoms with van der Waals surface area (Å²) in [6, 6.07) is 0. The van der Waals surface area contributed by atoms with E-state index in [2.05, 4.69) is 12.2 Å². The average Bonchev–Trinajstić information content (AvgIpc) is 2.14. The molecule has 1 N–H and O–H groups in total. The second-order valence-corrected chi connectivity index (χ2v) is 3.95. The molecule has 3 heteroatoms. The molecule has 1 rings (SSSR count). The van der Waals surface area contributed by atoms with Crippen LogP contribution in [0.3, 0.4) is 0 Å². The van der Waals surface area contributed by atoms with Crippen molar-refractivity contribution in [2.45, 2.75) is 31.7 Å². The number of nitrogens with one attached hydrogen (secondary N) is 1. The van der Waals surface area contributed by atoms with Crippen molar-refractivity contribution in [1.29, 1.82) is 0 Å². The van der Waals surface area contributed by atoms with Crippen molar-refractivity contribution in [3.8, 4) is 0 Å². The third-order valence-corrected chi connectivity index (χ3v) is 2.67. The third-order valence-electron chi connectivity index (χ3n) is 2.67. The molecule has 0 bridgehead atoms. The van der Waals surface area contributed by atoms with Gasteiger partial charge in [0.2, 0.25) is 0 Å². The zero-order valence-corrected chi connectivity index (χ0v) is 8.77. The zero-order chi connectivity index (χ0) is 9.57. The lowest BCUT2D eigenvalue weighted by Gasteiger charge is -2.34. The number of hydrogen-bond acceptors (Lipinski definition) is 3. The lowest BCUT2D eigenvalue weighted by molar-refractivity contribution is 0.0445. The summed E-state index contributed by atoms with van der Waals surface area (Å²) < 4.78 is 10.3. The maximum atomic E-state index is 5.33. The monoisotopic (exact) mass is 187 g/mol. The molecule has 0 aliphatic carbocycles. The first kappa shape index (κ1) is 11.0. The molecule has 1 fully saturated rings. The molecule has 0 amide bonds. The SMILES string of the molecule is COCCCNC1(C)CCOCC1. The van der Waals surface area contributed by atoms with Crippen molar-refractivity contribution >= 4 is 0 Å². The Morgan fingerprint density at radius 3 is 2.69 bits per heavy atom. The van der Waals surface area contributed by atoms with Crippen molar-refractivity contribution in [3.05, 3.63) is 0 Å². The highest BCUT2D eigenvalue weighted by atomic mass is 16.5. The van der Waals surface area contributed by atoms with Crippen molar-refractivity contribution in [2.75, 3.05) is 33.5 Å². The summed E-state index contributed by atoms with van der Waals surface area (Å²) in [5.74, 6) is 0. The van der Waals surface area contributed by atoms with E-state index >= 15 is 0 Å². The topological polar surface area (TPSA) is 30.5 Å². The highest BCUT2D eigenvalue weighted by molar-refractivity contribution is 4.84. The predicted octanol–water partition coefficient (Wildman–Crippen LogP) is 1.18. The Morgan fingerprint density at radius 1 is 1.38 bits per heavy atom. The van der Waals surface area contributed by atoms with E-state index in [1.165, 1.54) is 0 Å². The zero-order valence-electron chi connectivity index (χ0n) is 8.77. The highest BCUT2D eigenvalue weighted by Gasteiger charge is 2.25. The van der Waals surface area contributed by atoms with Gasteiger partial charge >= 0.3 is 0 Å². The molecule has 78 valence electrons. The van der Waals surface area contributed by atoms with E-state index in [-0.39, 0.29) is 0 Å². The average molecular weight is 187 g/mol. The van der Waals surface area contributed by atoms with Crippen LogP contribution in [-0.4, -0.2) is 39.0 Å². The molecule has 13 heavy (non-hydrogen) atoms. The molecular formula is C10H21NO2. The molecule has 0 aromatic heterocycles. The molecule has 0 unspecified atom stereocenters. The van der Waals surface area contributed by atoms with Crippen LogP contribution in [0.15, 0.2) is 0 Å². The molecule has 0 atom stereocenters. The van der Waals surface area contributed by atoms with Crippen LogP contribution in [0, 0.1) is 0 Å². The van der Waals surface area contributed by atoms with E-state index in [0.29, 0.717) is 5.54 Å². The van der Waals surface area contributed by atoms with Gasteiger partial charge in [0.25, 0.3) is 0 Å². The van der Waals surface area contributed by atoms with Crippen molar-refractivity contribution in [1.82, 2.24) is 5.32 Å². The van der Waals surface area contributed by atoms with Gasteiger partial charge in [-0.2, -0.15) is 0 Å². The van der Waals surface area contributed by atoms with E-state index in [1.54, 1.807) is 7.11 Å². The van der Waals surface area contributed by atoms with Crippen LogP contribution in [0.4, 0.5) is 0 Å². The minimum atomic E-state index is 0.298. The van der Waals surface area contributed by atoms with Gasteiger partial charge in [-0.15, -0.1) is 0 Å². The molecule has 1 aliphatic rings. The van der Waals surface area contributed by atoms with Crippen molar-refractivity contribution < 1.29 is 9.47 Å². The summed E-state index contributed by atoms with van der Waals surface area (Å²) in [7, 11) is 1.75. The second kappa shape index (κ2) is 5.58. The van der Waals surface area contributed by atoms with Crippen molar-refractivity contribution in [3.63, 3.8) is 0 Å². The van der Waals surface area contributed by atoms with Crippen LogP contribution in [0.5, 0.6) is 0 Å². The summed E-state index contributed by atoms with van der Waals surface area (Å²) in [5, 5.41) is 3.57. The molecule has 1 heterocycles. The van der Waals surface area contributed by atoms with E-state index in [1.807, 2.05) is 0 Å². The molecule has 0 saturated carbocycles. The lowest BCUT2D eigenvalue weighted by Crippen LogP contribution is -2.47. The Balaban J connectivity index is 2.10. The number of ether oxygens (including phenoxy) is 2. The standard InChI is InChI=1S/C10H21NO2/c1-10(4-8-13-9-5-10)11-6-3-7-12-2/h11H,3-9H2,1-2H3. The summed E-state index contributed by atoms with van der Waals surface area (Å²) in [6.45, 7) is 5.97. The number of rotatable bonds is 5. The van der Waals surface area contributed by atoms with Gasteiger partial charge in [0.1, 0.15) is 0 Å². The van der Waals surface area contributed by atoms with E-state index in [0.717, 1.165) is 45.6 Å². The number of methoxy groups -OCH3 is 1. The summed E-state index contributed by atoms with van der Waals surface area (Å²) in [4.78, 5) is 0. The Bertz CT molecular complexity index is 133. The predicted molar refractivity (Wildman–Crippen MR) is 53.0 cm³/mol. The normalized spacial score (nSPS) is 21.7. The fourth-order valence-electron chi connectivity index (χ4n) is 1.61. The molecular weight excluding hydrogens is 166 g/mol. The smallest absolute Gasteiger partial charge is 0.0483 e. The Kier molecular flexibility index (Phi) is 4.70. The maximum Gasteiger partial charge on any atom is 0.0483 e. The quantitative estimate of drug-likeness (QED) is 0.656. The Morgan fingerprint density at radius 2 is 2.08 bits per heavy atom. The first-order valence-electron chi connectivity index (χ1n) is 5.08. The first-order valence-corrected chi connectivity index (χ1v) is 5.08. The molecule has 1 aliphatic heterocycles. The van der Waals surface area contributed by atoms with Crippen LogP contribution in [0.2, 0.25) is 0 Å². The Labute approximate surface area is 80.8 Å². The highest BCUT2D eigenvalue weighted by Crippen LogP contribution is 2.19. The van der Waals surface area contributed by atoms with Crippen LogP contribution >= 0.6 is 0 Å². The van der Waals surface area contributed by atoms with Gasteiger partial charge < -0.3 is 14.8 Å². The summed E-state index contributed by atoms with van der Waals surface area (Å²) >= 11 is 0. The molecule has 0 aromatic carbocycles. The molecule has 0 radical (unpaired) electrons. The van der Waals surface area contributed by atoms with Gasteiger partial charge in [-0.25, -0.2) is 0 Å². The van der Waals surface area contributed by atoms with E-state index in [4.69, 9.17) is 9.47 Å².